The smallest absolute Gasteiger partial charge is 0.273 e. The molecular weight excluding hydrogens is 206 g/mol. The monoisotopic (exact) mass is 222 g/mol. The van der Waals surface area contributed by atoms with Crippen LogP contribution in [0.5, 0.6) is 5.75 Å². The standard InChI is InChI=1S/C12H16NO3/c1-2-3-4-5-9-16-12-8-6-7-11(10-12)13(14)15/h6-8,10H,1-5,9H2. The van der Waals surface area contributed by atoms with Crippen molar-refractivity contribution in [1.82, 2.24) is 0 Å². The molecule has 0 unspecified atom stereocenters. The molecule has 0 saturated heterocycles. The van der Waals surface area contributed by atoms with Crippen LogP contribution in [0.3, 0.4) is 0 Å². The zero-order chi connectivity index (χ0) is 11.8. The van der Waals surface area contributed by atoms with Crippen LogP contribution in [-0.4, -0.2) is 11.5 Å². The Kier molecular flexibility index (Phi) is 5.32. The average Bonchev–Trinajstić information content (AvgIpc) is 2.29. The highest BCUT2D eigenvalue weighted by atomic mass is 16.6. The Morgan fingerprint density at radius 2 is 2.12 bits per heavy atom. The minimum atomic E-state index is -0.421. The molecule has 0 heterocycles. The third-order valence-corrected chi connectivity index (χ3v) is 2.19. The molecule has 1 aromatic carbocycles. The van der Waals surface area contributed by atoms with E-state index in [-0.39, 0.29) is 5.69 Å². The molecule has 0 aliphatic rings. The van der Waals surface area contributed by atoms with Crippen LogP contribution in [0.2, 0.25) is 0 Å². The van der Waals surface area contributed by atoms with E-state index in [0.717, 1.165) is 25.7 Å². The van der Waals surface area contributed by atoms with Crippen LogP contribution in [0.4, 0.5) is 5.69 Å². The zero-order valence-corrected chi connectivity index (χ0v) is 9.22. The van der Waals surface area contributed by atoms with Crippen molar-refractivity contribution in [3.05, 3.63) is 41.3 Å². The second kappa shape index (κ2) is 6.82. The molecular formula is C12H16NO3. The Morgan fingerprint density at radius 3 is 2.81 bits per heavy atom. The number of non-ortho nitro benzene ring substituents is 1. The van der Waals surface area contributed by atoms with Crippen molar-refractivity contribution in [2.45, 2.75) is 25.7 Å². The van der Waals surface area contributed by atoms with Gasteiger partial charge in [0.1, 0.15) is 5.75 Å². The molecule has 0 spiro atoms. The highest BCUT2D eigenvalue weighted by molar-refractivity contribution is 5.37. The van der Waals surface area contributed by atoms with Gasteiger partial charge < -0.3 is 4.74 Å². The minimum Gasteiger partial charge on any atom is -0.493 e. The van der Waals surface area contributed by atoms with Crippen molar-refractivity contribution in [3.63, 3.8) is 0 Å². The first-order valence-electron chi connectivity index (χ1n) is 5.40. The van der Waals surface area contributed by atoms with Gasteiger partial charge in [-0.25, -0.2) is 0 Å². The lowest BCUT2D eigenvalue weighted by atomic mass is 10.2. The van der Waals surface area contributed by atoms with Crippen LogP contribution in [0.25, 0.3) is 0 Å². The Bertz CT molecular complexity index is 339. The maximum absolute atomic E-state index is 10.5. The quantitative estimate of drug-likeness (QED) is 0.403. The molecule has 0 aliphatic carbocycles. The van der Waals surface area contributed by atoms with Gasteiger partial charge in [0.2, 0.25) is 0 Å². The van der Waals surface area contributed by atoms with Gasteiger partial charge in [0.05, 0.1) is 17.6 Å². The van der Waals surface area contributed by atoms with Crippen LogP contribution in [0.1, 0.15) is 25.7 Å². The van der Waals surface area contributed by atoms with Gasteiger partial charge in [0, 0.05) is 6.07 Å². The first kappa shape index (κ1) is 12.5. The number of nitro benzene ring substituents is 1. The summed E-state index contributed by atoms with van der Waals surface area (Å²) < 4.78 is 5.42. The molecule has 0 bridgehead atoms. The normalized spacial score (nSPS) is 10.1. The van der Waals surface area contributed by atoms with Crippen LogP contribution >= 0.6 is 0 Å². The van der Waals surface area contributed by atoms with Crippen molar-refractivity contribution >= 4 is 5.69 Å². The van der Waals surface area contributed by atoms with E-state index >= 15 is 0 Å². The summed E-state index contributed by atoms with van der Waals surface area (Å²) in [4.78, 5) is 10.1. The molecule has 4 nitrogen and oxygen atoms in total. The number of unbranched alkanes of at least 4 members (excludes halogenated alkanes) is 3. The van der Waals surface area contributed by atoms with Crippen molar-refractivity contribution in [2.75, 3.05) is 6.61 Å². The van der Waals surface area contributed by atoms with Gasteiger partial charge in [0.15, 0.2) is 0 Å². The molecule has 1 aromatic rings. The summed E-state index contributed by atoms with van der Waals surface area (Å²) in [6.07, 6.45) is 4.08. The first-order valence-corrected chi connectivity index (χ1v) is 5.40. The van der Waals surface area contributed by atoms with Gasteiger partial charge in [-0.1, -0.05) is 32.3 Å². The molecule has 4 heteroatoms. The molecule has 0 atom stereocenters. The van der Waals surface area contributed by atoms with Crippen LogP contribution in [-0.2, 0) is 0 Å². The summed E-state index contributed by atoms with van der Waals surface area (Å²) in [6.45, 7) is 4.36. The third kappa shape index (κ3) is 4.29. The van der Waals surface area contributed by atoms with Gasteiger partial charge in [-0.3, -0.25) is 10.1 Å². The topological polar surface area (TPSA) is 52.4 Å². The van der Waals surface area contributed by atoms with Crippen molar-refractivity contribution in [3.8, 4) is 5.75 Å². The SMILES string of the molecule is [CH2]CCCCCOc1cccc([N+](=O)[O-])c1. The second-order valence-electron chi connectivity index (χ2n) is 3.52. The average molecular weight is 222 g/mol. The molecule has 1 rings (SSSR count). The molecule has 0 N–H and O–H groups in total. The highest BCUT2D eigenvalue weighted by Crippen LogP contribution is 2.19. The summed E-state index contributed by atoms with van der Waals surface area (Å²) >= 11 is 0. The van der Waals surface area contributed by atoms with Crippen molar-refractivity contribution in [1.29, 1.82) is 0 Å². The van der Waals surface area contributed by atoms with E-state index in [1.165, 1.54) is 12.1 Å². The number of hydrogen-bond donors (Lipinski definition) is 0. The van der Waals surface area contributed by atoms with Crippen LogP contribution in [0, 0.1) is 17.0 Å². The maximum atomic E-state index is 10.5. The predicted molar refractivity (Wildman–Crippen MR) is 62.4 cm³/mol. The lowest BCUT2D eigenvalue weighted by molar-refractivity contribution is -0.384. The minimum absolute atomic E-state index is 0.0651. The molecule has 0 aromatic heterocycles. The molecule has 87 valence electrons. The molecule has 0 saturated carbocycles. The van der Waals surface area contributed by atoms with E-state index in [9.17, 15) is 10.1 Å². The molecule has 0 amide bonds. The molecule has 0 fully saturated rings. The fourth-order valence-electron chi connectivity index (χ4n) is 1.33. The van der Waals surface area contributed by atoms with E-state index in [1.807, 2.05) is 0 Å². The zero-order valence-electron chi connectivity index (χ0n) is 9.22. The lowest BCUT2D eigenvalue weighted by Crippen LogP contribution is -1.97. The Morgan fingerprint density at radius 1 is 1.31 bits per heavy atom. The number of benzene rings is 1. The van der Waals surface area contributed by atoms with Gasteiger partial charge >= 0.3 is 0 Å². The summed E-state index contributed by atoms with van der Waals surface area (Å²) in [7, 11) is 0. The molecule has 1 radical (unpaired) electrons. The molecule has 0 aliphatic heterocycles. The fourth-order valence-corrected chi connectivity index (χ4v) is 1.33. The van der Waals surface area contributed by atoms with Gasteiger partial charge in [-0.2, -0.15) is 0 Å². The Labute approximate surface area is 95.4 Å². The lowest BCUT2D eigenvalue weighted by Gasteiger charge is -2.05. The van der Waals surface area contributed by atoms with E-state index < -0.39 is 4.92 Å². The van der Waals surface area contributed by atoms with Crippen molar-refractivity contribution < 1.29 is 9.66 Å². The second-order valence-corrected chi connectivity index (χ2v) is 3.52. The van der Waals surface area contributed by atoms with E-state index in [0.29, 0.717) is 12.4 Å². The van der Waals surface area contributed by atoms with E-state index in [1.54, 1.807) is 12.1 Å². The number of hydrogen-bond acceptors (Lipinski definition) is 3. The van der Waals surface area contributed by atoms with Crippen molar-refractivity contribution in [2.24, 2.45) is 0 Å². The molecule has 16 heavy (non-hydrogen) atoms. The number of ether oxygens (including phenoxy) is 1. The van der Waals surface area contributed by atoms with Crippen LogP contribution < -0.4 is 4.74 Å². The summed E-state index contributed by atoms with van der Waals surface area (Å²) in [5, 5.41) is 10.5. The van der Waals surface area contributed by atoms with Gasteiger partial charge in [-0.15, -0.1) is 0 Å². The first-order chi connectivity index (χ1) is 7.74. The summed E-state index contributed by atoms with van der Waals surface area (Å²) in [6, 6.07) is 6.26. The third-order valence-electron chi connectivity index (χ3n) is 2.19. The number of nitrogens with zero attached hydrogens (tertiary/aromatic N) is 1. The fraction of sp³-hybridized carbons (Fsp3) is 0.417. The van der Waals surface area contributed by atoms with Crippen LogP contribution in [0.15, 0.2) is 24.3 Å². The summed E-state index contributed by atoms with van der Waals surface area (Å²) in [5.74, 6) is 0.559. The number of nitro groups is 1. The summed E-state index contributed by atoms with van der Waals surface area (Å²) in [5.41, 5.74) is 0.0651. The largest absolute Gasteiger partial charge is 0.493 e. The van der Waals surface area contributed by atoms with E-state index in [4.69, 9.17) is 4.74 Å². The predicted octanol–water partition coefficient (Wildman–Crippen LogP) is 3.37. The maximum Gasteiger partial charge on any atom is 0.273 e. The van der Waals surface area contributed by atoms with E-state index in [2.05, 4.69) is 6.92 Å². The number of rotatable bonds is 7. The Hall–Kier alpha value is -1.58. The highest BCUT2D eigenvalue weighted by Gasteiger charge is 2.05. The van der Waals surface area contributed by atoms with Gasteiger partial charge in [0.25, 0.3) is 5.69 Å². The van der Waals surface area contributed by atoms with Gasteiger partial charge in [-0.05, 0) is 12.5 Å². The Balaban J connectivity index is 2.36.